The lowest BCUT2D eigenvalue weighted by Gasteiger charge is -2.18. The van der Waals surface area contributed by atoms with Gasteiger partial charge in [-0.25, -0.2) is 14.4 Å². The molecule has 0 atom stereocenters. The third-order valence-electron chi connectivity index (χ3n) is 18.7. The van der Waals surface area contributed by atoms with Crippen molar-refractivity contribution in [1.29, 1.82) is 0 Å². The van der Waals surface area contributed by atoms with Gasteiger partial charge < -0.3 is 18.3 Å². The van der Waals surface area contributed by atoms with Crippen molar-refractivity contribution in [2.75, 3.05) is 0 Å². The number of aromatic nitrogens is 6. The third-order valence-corrected chi connectivity index (χ3v) is 18.7. The van der Waals surface area contributed by atoms with Gasteiger partial charge in [0.15, 0.2) is 5.82 Å². The van der Waals surface area contributed by atoms with E-state index in [1.165, 1.54) is 49.7 Å². The maximum Gasteiger partial charge on any atom is 0.160 e. The fourth-order valence-corrected chi connectivity index (χ4v) is 14.8. The molecular weight excluding hydrogens is 1110 g/mol. The molecule has 0 aliphatic heterocycles. The van der Waals surface area contributed by atoms with Crippen LogP contribution in [0.3, 0.4) is 0 Å². The Morgan fingerprint density at radius 2 is 0.659 bits per heavy atom. The van der Waals surface area contributed by atoms with Crippen molar-refractivity contribution < 1.29 is 4.39 Å². The van der Waals surface area contributed by atoms with E-state index in [2.05, 4.69) is 291 Å². The summed E-state index contributed by atoms with van der Waals surface area (Å²) in [7, 11) is 0. The molecule has 0 amide bonds. The summed E-state index contributed by atoms with van der Waals surface area (Å²) in [6.45, 7) is 0. The summed E-state index contributed by atoms with van der Waals surface area (Å²) in [6.07, 6.45) is 0. The normalized spacial score (nSPS) is 12.0. The maximum absolute atomic E-state index is 14.8. The van der Waals surface area contributed by atoms with Crippen molar-refractivity contribution in [2.24, 2.45) is 0 Å². The minimum atomic E-state index is -0.285. The minimum absolute atomic E-state index is 0.285. The van der Waals surface area contributed by atoms with Gasteiger partial charge in [-0.1, -0.05) is 182 Å². The Kier molecular flexibility index (Phi) is 11.1. The molecule has 91 heavy (non-hydrogen) atoms. The average Bonchev–Trinajstić information content (AvgIpc) is 1.83. The zero-order valence-corrected chi connectivity index (χ0v) is 49.0. The molecule has 7 heteroatoms. The van der Waals surface area contributed by atoms with Crippen molar-refractivity contribution in [2.45, 2.75) is 0 Å². The van der Waals surface area contributed by atoms with Crippen LogP contribution in [0.2, 0.25) is 0 Å². The van der Waals surface area contributed by atoms with Gasteiger partial charge >= 0.3 is 0 Å². The van der Waals surface area contributed by atoms with E-state index in [9.17, 15) is 4.39 Å². The van der Waals surface area contributed by atoms with Crippen molar-refractivity contribution in [3.05, 3.63) is 315 Å². The van der Waals surface area contributed by atoms with Gasteiger partial charge in [0.1, 0.15) is 5.82 Å². The van der Waals surface area contributed by atoms with Crippen molar-refractivity contribution in [3.8, 4) is 67.6 Å². The lowest BCUT2D eigenvalue weighted by Crippen LogP contribution is -2.02. The van der Waals surface area contributed by atoms with Gasteiger partial charge in [0.25, 0.3) is 0 Å². The van der Waals surface area contributed by atoms with Crippen LogP contribution in [0.15, 0.2) is 309 Å². The highest BCUT2D eigenvalue weighted by atomic mass is 19.1. The first kappa shape index (κ1) is 50.9. The Balaban J connectivity index is 0.864. The van der Waals surface area contributed by atoms with Gasteiger partial charge in [-0.3, -0.25) is 0 Å². The first-order chi connectivity index (χ1) is 45.0. The average molecular weight is 1160 g/mol. The molecule has 0 saturated heterocycles. The van der Waals surface area contributed by atoms with Crippen LogP contribution in [0.1, 0.15) is 0 Å². The molecule has 0 spiro atoms. The largest absolute Gasteiger partial charge is 0.309 e. The van der Waals surface area contributed by atoms with Crippen LogP contribution in [0.5, 0.6) is 0 Å². The molecule has 14 aromatic carbocycles. The lowest BCUT2D eigenvalue weighted by atomic mass is 9.98. The molecule has 5 aromatic heterocycles. The Morgan fingerprint density at radius 1 is 0.231 bits per heavy atom. The number of hydrogen-bond donors (Lipinski definition) is 0. The smallest absolute Gasteiger partial charge is 0.160 e. The molecule has 0 fully saturated rings. The third kappa shape index (κ3) is 7.91. The summed E-state index contributed by atoms with van der Waals surface area (Å²) in [5.74, 6) is 0.288. The Bertz CT molecular complexity index is 6190. The molecule has 0 aliphatic carbocycles. The van der Waals surface area contributed by atoms with Crippen LogP contribution in [0, 0.1) is 5.82 Å². The highest BCUT2D eigenvalue weighted by molar-refractivity contribution is 6.16. The molecule has 19 aromatic rings. The SMILES string of the molecule is Fc1cccc(-c2cccc(-c3nc(-c4cc(-n5c6ccccc6c6cc(-c7ccc8c(c7)c7ccccc7n8-c7ccccc7)ccc65)cc(-n5c6ccccc6c6cc(-n7c8ccccc8c8ccccc87)ccc65)c4)c4c(ccc5ccccc54)n3)c2)c1. The second-order valence-electron chi connectivity index (χ2n) is 23.8. The fourth-order valence-electron chi connectivity index (χ4n) is 14.8. The Hall–Kier alpha value is -12.2. The zero-order valence-electron chi connectivity index (χ0n) is 49.0. The van der Waals surface area contributed by atoms with Crippen LogP contribution in [0.4, 0.5) is 4.39 Å². The Labute approximate surface area is 521 Å². The summed E-state index contributed by atoms with van der Waals surface area (Å²) in [5.41, 5.74) is 20.6. The molecule has 5 heterocycles. The molecule has 0 N–H and O–H groups in total. The standard InChI is InChI=1S/C84H51FN6/c85-59-22-17-20-54(45-59)53-19-16-21-57(44-53)84-86-73-40-36-52-18-4-5-25-64(52)82(73)83(87-84)58-46-62(50-63(47-58)91-78-35-15-10-30-69(78)72-51-61(39-43-81(72)91)89-74-31-11-6-26-65(74)66-27-7-12-32-75(66)89)90-77-34-14-9-29-68(77)71-49-56(38-42-80(71)90)55-37-41-79-70(48-55)67-28-8-13-33-76(67)88(79)60-23-2-1-3-24-60/h1-51H. The van der Waals surface area contributed by atoms with Crippen molar-refractivity contribution in [3.63, 3.8) is 0 Å². The van der Waals surface area contributed by atoms with Gasteiger partial charge in [-0.15, -0.1) is 0 Å². The number of rotatable bonds is 8. The highest BCUT2D eigenvalue weighted by Gasteiger charge is 2.23. The summed E-state index contributed by atoms with van der Waals surface area (Å²) in [5, 5.41) is 12.6. The van der Waals surface area contributed by atoms with Crippen LogP contribution >= 0.6 is 0 Å². The van der Waals surface area contributed by atoms with E-state index in [0.717, 1.165) is 127 Å². The topological polar surface area (TPSA) is 45.5 Å². The first-order valence-electron chi connectivity index (χ1n) is 30.9. The van der Waals surface area contributed by atoms with Gasteiger partial charge in [0.05, 0.1) is 55.3 Å². The second-order valence-corrected chi connectivity index (χ2v) is 23.8. The lowest BCUT2D eigenvalue weighted by molar-refractivity contribution is 0.628. The number of hydrogen-bond acceptors (Lipinski definition) is 2. The molecule has 0 saturated carbocycles. The van der Waals surface area contributed by atoms with Crippen LogP contribution in [-0.2, 0) is 0 Å². The van der Waals surface area contributed by atoms with E-state index in [1.54, 1.807) is 12.1 Å². The zero-order chi connectivity index (χ0) is 59.8. The predicted octanol–water partition coefficient (Wildman–Crippen LogP) is 22.0. The van der Waals surface area contributed by atoms with Crippen LogP contribution in [0.25, 0.3) is 177 Å². The van der Waals surface area contributed by atoms with E-state index in [0.29, 0.717) is 5.82 Å². The molecule has 19 rings (SSSR count). The first-order valence-corrected chi connectivity index (χ1v) is 30.9. The van der Waals surface area contributed by atoms with Crippen molar-refractivity contribution >= 4 is 109 Å². The van der Waals surface area contributed by atoms with Gasteiger partial charge in [-0.2, -0.15) is 0 Å². The number of para-hydroxylation sites is 6. The summed E-state index contributed by atoms with van der Waals surface area (Å²) in [4.78, 5) is 11.1. The highest BCUT2D eigenvalue weighted by Crippen LogP contribution is 2.44. The summed E-state index contributed by atoms with van der Waals surface area (Å²) < 4.78 is 24.5. The van der Waals surface area contributed by atoms with E-state index in [1.807, 2.05) is 18.2 Å². The molecule has 0 bridgehead atoms. The Morgan fingerprint density at radius 3 is 1.23 bits per heavy atom. The van der Waals surface area contributed by atoms with E-state index >= 15 is 0 Å². The number of benzene rings is 14. The van der Waals surface area contributed by atoms with Gasteiger partial charge in [0.2, 0.25) is 0 Å². The predicted molar refractivity (Wildman–Crippen MR) is 376 cm³/mol. The fraction of sp³-hybridized carbons (Fsp3) is 0. The van der Waals surface area contributed by atoms with E-state index in [4.69, 9.17) is 9.97 Å². The maximum atomic E-state index is 14.8. The monoisotopic (exact) mass is 1160 g/mol. The summed E-state index contributed by atoms with van der Waals surface area (Å²) in [6, 6.07) is 110. The van der Waals surface area contributed by atoms with E-state index < -0.39 is 0 Å². The molecular formula is C84H51FN6. The van der Waals surface area contributed by atoms with Gasteiger partial charge in [0, 0.05) is 82.4 Å². The molecule has 0 radical (unpaired) electrons. The van der Waals surface area contributed by atoms with E-state index in [-0.39, 0.29) is 5.82 Å². The minimum Gasteiger partial charge on any atom is -0.309 e. The molecule has 0 unspecified atom stereocenters. The van der Waals surface area contributed by atoms with Crippen LogP contribution < -0.4 is 0 Å². The number of halogens is 1. The molecule has 424 valence electrons. The van der Waals surface area contributed by atoms with Crippen molar-refractivity contribution in [1.82, 2.24) is 28.2 Å². The summed E-state index contributed by atoms with van der Waals surface area (Å²) >= 11 is 0. The molecule has 6 nitrogen and oxygen atoms in total. The van der Waals surface area contributed by atoms with Gasteiger partial charge in [-0.05, 0) is 160 Å². The number of nitrogens with zero attached hydrogens (tertiary/aromatic N) is 6. The molecule has 0 aliphatic rings. The quantitative estimate of drug-likeness (QED) is 0.142. The second kappa shape index (κ2) is 19.9. The number of fused-ring (bicyclic) bond motifs is 15. The van der Waals surface area contributed by atoms with Crippen LogP contribution in [-0.4, -0.2) is 28.2 Å².